The monoisotopic (exact) mass is 438 g/mol. The van der Waals surface area contributed by atoms with E-state index >= 15 is 0 Å². The SMILES string of the molecule is Cc1ccc(C2(NC3=C(Nc4cccc(C(=O)N(C)C)c4O)C(=O)N(C)C3=O)CC2C)o1. The molecule has 2 aromatic rings. The van der Waals surface area contributed by atoms with Gasteiger partial charge in [0.1, 0.15) is 22.9 Å². The van der Waals surface area contributed by atoms with Gasteiger partial charge in [0.2, 0.25) is 0 Å². The number of likely N-dealkylation sites (N-methyl/N-ethyl adjacent to an activating group) is 1. The Morgan fingerprint density at radius 3 is 2.41 bits per heavy atom. The van der Waals surface area contributed by atoms with Gasteiger partial charge in [0, 0.05) is 21.1 Å². The Bertz CT molecular complexity index is 1160. The van der Waals surface area contributed by atoms with Crippen LogP contribution in [-0.4, -0.2) is 53.8 Å². The van der Waals surface area contributed by atoms with Crippen LogP contribution in [0.25, 0.3) is 0 Å². The normalized spacial score (nSPS) is 22.4. The van der Waals surface area contributed by atoms with Crippen LogP contribution in [0.2, 0.25) is 0 Å². The molecule has 0 saturated heterocycles. The number of anilines is 1. The highest BCUT2D eigenvalue weighted by molar-refractivity contribution is 6.20. The van der Waals surface area contributed by atoms with Crippen molar-refractivity contribution in [1.29, 1.82) is 0 Å². The number of benzene rings is 1. The maximum absolute atomic E-state index is 12.9. The summed E-state index contributed by atoms with van der Waals surface area (Å²) in [5.41, 5.74) is -0.264. The van der Waals surface area contributed by atoms with Gasteiger partial charge in [-0.05, 0) is 43.5 Å². The molecule has 1 aromatic carbocycles. The molecule has 168 valence electrons. The molecule has 32 heavy (non-hydrogen) atoms. The first kappa shape index (κ1) is 21.5. The van der Waals surface area contributed by atoms with Gasteiger partial charge >= 0.3 is 0 Å². The number of phenols is 1. The standard InChI is InChI=1S/C23H26N4O5/c1-12-11-23(12,16-10-9-13(2)32-16)25-18-17(21(30)27(5)22(18)31)24-15-8-6-7-14(19(15)28)20(29)26(3)4/h6-10,12,24-25,28H,11H2,1-5H3. The number of carbonyl (C=O) groups excluding carboxylic acids is 3. The van der Waals surface area contributed by atoms with Crippen molar-refractivity contribution in [3.63, 3.8) is 0 Å². The lowest BCUT2D eigenvalue weighted by molar-refractivity contribution is -0.136. The largest absolute Gasteiger partial charge is 0.505 e. The Hall–Kier alpha value is -3.75. The predicted octanol–water partition coefficient (Wildman–Crippen LogP) is 2.14. The van der Waals surface area contributed by atoms with Crippen LogP contribution in [0, 0.1) is 12.8 Å². The number of hydrogen-bond acceptors (Lipinski definition) is 7. The molecule has 0 spiro atoms. The van der Waals surface area contributed by atoms with Crippen LogP contribution in [0.4, 0.5) is 5.69 Å². The van der Waals surface area contributed by atoms with Gasteiger partial charge in [0.05, 0.1) is 16.8 Å². The third-order valence-corrected chi connectivity index (χ3v) is 6.06. The molecule has 2 unspecified atom stereocenters. The number of rotatable bonds is 6. The van der Waals surface area contributed by atoms with E-state index in [9.17, 15) is 19.5 Å². The minimum atomic E-state index is -0.595. The third kappa shape index (κ3) is 3.30. The molecule has 1 aliphatic carbocycles. The van der Waals surface area contributed by atoms with E-state index in [2.05, 4.69) is 10.6 Å². The predicted molar refractivity (Wildman–Crippen MR) is 117 cm³/mol. The number of aryl methyl sites for hydroxylation is 1. The molecule has 9 heteroatoms. The van der Waals surface area contributed by atoms with Crippen molar-refractivity contribution in [3.8, 4) is 5.75 Å². The van der Waals surface area contributed by atoms with Gasteiger partial charge in [-0.15, -0.1) is 0 Å². The molecule has 3 amide bonds. The molecule has 0 bridgehead atoms. The van der Waals surface area contributed by atoms with E-state index < -0.39 is 17.4 Å². The Balaban J connectivity index is 1.73. The first-order chi connectivity index (χ1) is 15.1. The number of imide groups is 1. The summed E-state index contributed by atoms with van der Waals surface area (Å²) in [4.78, 5) is 40.5. The molecule has 1 aliphatic heterocycles. The van der Waals surface area contributed by atoms with Crippen molar-refractivity contribution in [2.45, 2.75) is 25.8 Å². The number of phenolic OH excluding ortho intramolecular Hbond substituents is 1. The molecule has 2 heterocycles. The van der Waals surface area contributed by atoms with Crippen molar-refractivity contribution in [1.82, 2.24) is 15.1 Å². The molecular formula is C23H26N4O5. The smallest absolute Gasteiger partial charge is 0.279 e. The average Bonchev–Trinajstić information content (AvgIpc) is 3.10. The molecule has 3 N–H and O–H groups in total. The second-order valence-electron chi connectivity index (χ2n) is 8.56. The van der Waals surface area contributed by atoms with Crippen molar-refractivity contribution in [2.24, 2.45) is 5.92 Å². The minimum absolute atomic E-state index is 0.00371. The summed E-state index contributed by atoms with van der Waals surface area (Å²) >= 11 is 0. The third-order valence-electron chi connectivity index (χ3n) is 6.06. The molecule has 2 atom stereocenters. The van der Waals surface area contributed by atoms with E-state index in [1.165, 1.54) is 24.1 Å². The highest BCUT2D eigenvalue weighted by Crippen LogP contribution is 2.53. The van der Waals surface area contributed by atoms with E-state index in [-0.39, 0.29) is 40.2 Å². The van der Waals surface area contributed by atoms with Crippen LogP contribution >= 0.6 is 0 Å². The lowest BCUT2D eigenvalue weighted by Gasteiger charge is -2.19. The second-order valence-corrected chi connectivity index (χ2v) is 8.56. The van der Waals surface area contributed by atoms with Crippen LogP contribution in [0.1, 0.15) is 35.2 Å². The lowest BCUT2D eigenvalue weighted by Crippen LogP contribution is -2.35. The van der Waals surface area contributed by atoms with Crippen molar-refractivity contribution >= 4 is 23.4 Å². The zero-order valence-electron chi connectivity index (χ0n) is 18.6. The Morgan fingerprint density at radius 1 is 1.19 bits per heavy atom. The van der Waals surface area contributed by atoms with Gasteiger partial charge in [-0.2, -0.15) is 0 Å². The molecule has 0 radical (unpaired) electrons. The molecule has 9 nitrogen and oxygen atoms in total. The molecule has 1 saturated carbocycles. The summed E-state index contributed by atoms with van der Waals surface area (Å²) in [6.45, 7) is 3.88. The van der Waals surface area contributed by atoms with Gasteiger partial charge in [-0.25, -0.2) is 0 Å². The number of aromatic hydroxyl groups is 1. The Labute approximate surface area is 185 Å². The van der Waals surface area contributed by atoms with Gasteiger partial charge in [0.15, 0.2) is 5.75 Å². The van der Waals surface area contributed by atoms with Crippen LogP contribution < -0.4 is 10.6 Å². The number of hydrogen-bond donors (Lipinski definition) is 3. The lowest BCUT2D eigenvalue weighted by atomic mass is 10.1. The Kier molecular flexibility index (Phi) is 4.99. The summed E-state index contributed by atoms with van der Waals surface area (Å²) in [7, 11) is 4.55. The summed E-state index contributed by atoms with van der Waals surface area (Å²) in [5.74, 6) is -0.0755. The van der Waals surface area contributed by atoms with Crippen LogP contribution in [0.5, 0.6) is 5.75 Å². The zero-order chi connectivity index (χ0) is 23.4. The van der Waals surface area contributed by atoms with Crippen LogP contribution in [0.15, 0.2) is 46.1 Å². The maximum atomic E-state index is 12.9. The molecule has 4 rings (SSSR count). The molecule has 1 fully saturated rings. The highest BCUT2D eigenvalue weighted by Gasteiger charge is 2.57. The first-order valence-corrected chi connectivity index (χ1v) is 10.3. The summed E-state index contributed by atoms with van der Waals surface area (Å²) < 4.78 is 5.82. The van der Waals surface area contributed by atoms with Gasteiger partial charge in [0.25, 0.3) is 17.7 Å². The number of nitrogens with zero attached hydrogens (tertiary/aromatic N) is 2. The number of amides is 3. The summed E-state index contributed by atoms with van der Waals surface area (Å²) in [6, 6.07) is 8.34. The van der Waals surface area contributed by atoms with Crippen LogP contribution in [0.3, 0.4) is 0 Å². The topological polar surface area (TPSA) is 115 Å². The fraction of sp³-hybridized carbons (Fsp3) is 0.348. The number of furan rings is 1. The number of nitrogens with one attached hydrogen (secondary N) is 2. The second kappa shape index (κ2) is 7.44. The van der Waals surface area contributed by atoms with Gasteiger partial charge < -0.3 is 25.1 Å². The van der Waals surface area contributed by atoms with E-state index in [4.69, 9.17) is 4.42 Å². The maximum Gasteiger partial charge on any atom is 0.279 e. The first-order valence-electron chi connectivity index (χ1n) is 10.3. The van der Waals surface area contributed by atoms with E-state index in [1.54, 1.807) is 20.2 Å². The Morgan fingerprint density at radius 2 is 1.84 bits per heavy atom. The number of carbonyl (C=O) groups is 3. The van der Waals surface area contributed by atoms with Crippen molar-refractivity contribution in [3.05, 3.63) is 58.8 Å². The fourth-order valence-electron chi connectivity index (χ4n) is 3.97. The van der Waals surface area contributed by atoms with Crippen molar-refractivity contribution in [2.75, 3.05) is 26.5 Å². The molecular weight excluding hydrogens is 412 g/mol. The van der Waals surface area contributed by atoms with E-state index in [0.717, 1.165) is 17.1 Å². The van der Waals surface area contributed by atoms with Gasteiger partial charge in [-0.1, -0.05) is 13.0 Å². The van der Waals surface area contributed by atoms with Gasteiger partial charge in [-0.3, -0.25) is 19.3 Å². The van der Waals surface area contributed by atoms with E-state index in [1.807, 2.05) is 26.0 Å². The quantitative estimate of drug-likeness (QED) is 0.468. The summed E-state index contributed by atoms with van der Waals surface area (Å²) in [5, 5.41) is 16.8. The molecule has 1 aromatic heterocycles. The number of para-hydroxylation sites is 1. The van der Waals surface area contributed by atoms with Crippen molar-refractivity contribution < 1.29 is 23.9 Å². The summed E-state index contributed by atoms with van der Waals surface area (Å²) in [6.07, 6.45) is 0.736. The minimum Gasteiger partial charge on any atom is -0.505 e. The molecule has 2 aliphatic rings. The fourth-order valence-corrected chi connectivity index (χ4v) is 3.97. The highest BCUT2D eigenvalue weighted by atomic mass is 16.3. The average molecular weight is 438 g/mol. The van der Waals surface area contributed by atoms with E-state index in [0.29, 0.717) is 5.76 Å². The van der Waals surface area contributed by atoms with Crippen LogP contribution in [-0.2, 0) is 15.1 Å². The zero-order valence-corrected chi connectivity index (χ0v) is 18.6.